The Morgan fingerprint density at radius 1 is 1.38 bits per heavy atom. The smallest absolute Gasteiger partial charge is 0.139 e. The van der Waals surface area contributed by atoms with E-state index in [1.54, 1.807) is 6.07 Å². The van der Waals surface area contributed by atoms with Crippen molar-refractivity contribution in [1.29, 1.82) is 0 Å². The van der Waals surface area contributed by atoms with Gasteiger partial charge in [0.2, 0.25) is 0 Å². The molecule has 0 N–H and O–H groups in total. The lowest BCUT2D eigenvalue weighted by Crippen LogP contribution is -1.90. The zero-order valence-electron chi connectivity index (χ0n) is 7.32. The molecular formula is C10H8Cl2O. The summed E-state index contributed by atoms with van der Waals surface area (Å²) in [7, 11) is 1.54. The normalized spacial score (nSPS) is 9.46. The maximum absolute atomic E-state index is 5.95. The highest BCUT2D eigenvalue weighted by Crippen LogP contribution is 2.35. The maximum atomic E-state index is 5.95. The van der Waals surface area contributed by atoms with E-state index in [2.05, 4.69) is 5.92 Å². The van der Waals surface area contributed by atoms with Gasteiger partial charge in [-0.3, -0.25) is 0 Å². The molecule has 1 rings (SSSR count). The van der Waals surface area contributed by atoms with Crippen LogP contribution in [0.3, 0.4) is 0 Å². The third-order valence-corrected chi connectivity index (χ3v) is 2.58. The van der Waals surface area contributed by atoms with Crippen LogP contribution in [0.1, 0.15) is 11.1 Å². The monoisotopic (exact) mass is 214 g/mol. The van der Waals surface area contributed by atoms with Gasteiger partial charge in [0.25, 0.3) is 0 Å². The Balaban J connectivity index is 3.50. The van der Waals surface area contributed by atoms with E-state index in [0.29, 0.717) is 21.4 Å². The number of ether oxygens (including phenoxy) is 1. The van der Waals surface area contributed by atoms with Crippen molar-refractivity contribution in [2.24, 2.45) is 0 Å². The van der Waals surface area contributed by atoms with Gasteiger partial charge < -0.3 is 4.74 Å². The zero-order chi connectivity index (χ0) is 10.0. The van der Waals surface area contributed by atoms with Crippen LogP contribution in [0, 0.1) is 19.3 Å². The van der Waals surface area contributed by atoms with Crippen molar-refractivity contribution in [3.63, 3.8) is 0 Å². The highest BCUT2D eigenvalue weighted by molar-refractivity contribution is 6.38. The molecule has 0 aliphatic carbocycles. The quantitative estimate of drug-likeness (QED) is 0.653. The Kier molecular flexibility index (Phi) is 3.08. The van der Waals surface area contributed by atoms with Crippen LogP contribution < -0.4 is 4.74 Å². The van der Waals surface area contributed by atoms with Gasteiger partial charge in [0, 0.05) is 0 Å². The summed E-state index contributed by atoms with van der Waals surface area (Å²) < 4.78 is 5.04. The highest BCUT2D eigenvalue weighted by Gasteiger charge is 2.11. The second-order valence-corrected chi connectivity index (χ2v) is 3.30. The van der Waals surface area contributed by atoms with E-state index in [4.69, 9.17) is 34.4 Å². The molecule has 0 radical (unpaired) electrons. The van der Waals surface area contributed by atoms with E-state index in [1.807, 2.05) is 6.92 Å². The molecule has 0 atom stereocenters. The fraction of sp³-hybridized carbons (Fsp3) is 0.200. The minimum atomic E-state index is 0.389. The average Bonchev–Trinajstić information content (AvgIpc) is 2.12. The van der Waals surface area contributed by atoms with Crippen molar-refractivity contribution < 1.29 is 4.74 Å². The molecule has 0 bridgehead atoms. The Hall–Kier alpha value is -0.840. The van der Waals surface area contributed by atoms with Crippen molar-refractivity contribution in [3.05, 3.63) is 27.2 Å². The molecule has 1 nitrogen and oxygen atoms in total. The Labute approximate surface area is 87.6 Å². The van der Waals surface area contributed by atoms with E-state index < -0.39 is 0 Å². The molecule has 0 aromatic heterocycles. The number of aryl methyl sites for hydroxylation is 1. The SMILES string of the molecule is C#Cc1c(Cl)c(C)cc(OC)c1Cl. The highest BCUT2D eigenvalue weighted by atomic mass is 35.5. The first-order valence-corrected chi connectivity index (χ1v) is 4.36. The summed E-state index contributed by atoms with van der Waals surface area (Å²) >= 11 is 11.9. The van der Waals surface area contributed by atoms with Crippen molar-refractivity contribution in [3.8, 4) is 18.1 Å². The van der Waals surface area contributed by atoms with Gasteiger partial charge in [0.1, 0.15) is 5.75 Å². The number of hydrogen-bond donors (Lipinski definition) is 0. The van der Waals surface area contributed by atoms with Gasteiger partial charge in [0.15, 0.2) is 0 Å². The zero-order valence-corrected chi connectivity index (χ0v) is 8.83. The number of terminal acetylenes is 1. The molecule has 1 aromatic carbocycles. The van der Waals surface area contributed by atoms with Crippen molar-refractivity contribution >= 4 is 23.2 Å². The summed E-state index contributed by atoms with van der Waals surface area (Å²) in [5, 5.41) is 0.897. The summed E-state index contributed by atoms with van der Waals surface area (Å²) in [6, 6.07) is 1.76. The third-order valence-electron chi connectivity index (χ3n) is 1.71. The second kappa shape index (κ2) is 3.91. The van der Waals surface area contributed by atoms with E-state index >= 15 is 0 Å². The lowest BCUT2D eigenvalue weighted by atomic mass is 10.1. The number of halogens is 2. The minimum Gasteiger partial charge on any atom is -0.495 e. The fourth-order valence-corrected chi connectivity index (χ4v) is 1.55. The first-order valence-electron chi connectivity index (χ1n) is 3.61. The van der Waals surface area contributed by atoms with E-state index in [-0.39, 0.29) is 0 Å². The summed E-state index contributed by atoms with van der Waals surface area (Å²) in [6.07, 6.45) is 5.27. The molecule has 0 saturated heterocycles. The Morgan fingerprint density at radius 3 is 2.46 bits per heavy atom. The molecule has 0 saturated carbocycles. The predicted molar refractivity (Wildman–Crippen MR) is 55.7 cm³/mol. The predicted octanol–water partition coefficient (Wildman–Crippen LogP) is 3.29. The largest absolute Gasteiger partial charge is 0.495 e. The summed E-state index contributed by atoms with van der Waals surface area (Å²) in [6.45, 7) is 1.85. The first-order chi connectivity index (χ1) is 6.11. The lowest BCUT2D eigenvalue weighted by Gasteiger charge is -2.08. The van der Waals surface area contributed by atoms with Crippen LogP contribution in [0.2, 0.25) is 10.0 Å². The molecule has 0 amide bonds. The maximum Gasteiger partial charge on any atom is 0.139 e. The molecule has 13 heavy (non-hydrogen) atoms. The number of benzene rings is 1. The summed E-state index contributed by atoms with van der Waals surface area (Å²) in [5.74, 6) is 2.99. The van der Waals surface area contributed by atoms with Crippen molar-refractivity contribution in [2.75, 3.05) is 7.11 Å². The van der Waals surface area contributed by atoms with E-state index in [9.17, 15) is 0 Å². The molecule has 3 heteroatoms. The van der Waals surface area contributed by atoms with Gasteiger partial charge in [-0.2, -0.15) is 0 Å². The van der Waals surface area contributed by atoms with Crippen LogP contribution in [-0.2, 0) is 0 Å². The van der Waals surface area contributed by atoms with Crippen LogP contribution in [0.15, 0.2) is 6.07 Å². The fourth-order valence-electron chi connectivity index (χ4n) is 1.02. The second-order valence-electron chi connectivity index (χ2n) is 2.54. The van der Waals surface area contributed by atoms with Gasteiger partial charge in [-0.15, -0.1) is 6.42 Å². The molecule has 0 fully saturated rings. The van der Waals surface area contributed by atoms with Gasteiger partial charge in [-0.1, -0.05) is 29.1 Å². The van der Waals surface area contributed by atoms with E-state index in [1.165, 1.54) is 7.11 Å². The van der Waals surface area contributed by atoms with Crippen LogP contribution >= 0.6 is 23.2 Å². The van der Waals surface area contributed by atoms with E-state index in [0.717, 1.165) is 5.56 Å². The Bertz CT molecular complexity index is 377. The standard InChI is InChI=1S/C10H8Cl2O/c1-4-7-9(11)6(2)5-8(13-3)10(7)12/h1,5H,2-3H3. The molecule has 0 unspecified atom stereocenters. The third kappa shape index (κ3) is 1.75. The summed E-state index contributed by atoms with van der Waals surface area (Å²) in [4.78, 5) is 0. The van der Waals surface area contributed by atoms with Crippen molar-refractivity contribution in [2.45, 2.75) is 6.92 Å². The van der Waals surface area contributed by atoms with Crippen LogP contribution in [-0.4, -0.2) is 7.11 Å². The first kappa shape index (κ1) is 10.2. The number of methoxy groups -OCH3 is 1. The lowest BCUT2D eigenvalue weighted by molar-refractivity contribution is 0.414. The van der Waals surface area contributed by atoms with Gasteiger partial charge in [0.05, 0.1) is 22.7 Å². The summed E-state index contributed by atoms with van der Waals surface area (Å²) in [5.41, 5.74) is 1.34. The molecule has 0 aliphatic heterocycles. The van der Waals surface area contributed by atoms with Gasteiger partial charge in [-0.05, 0) is 18.6 Å². The average molecular weight is 215 g/mol. The molecular weight excluding hydrogens is 207 g/mol. The number of rotatable bonds is 1. The van der Waals surface area contributed by atoms with Crippen LogP contribution in [0.4, 0.5) is 0 Å². The van der Waals surface area contributed by atoms with Crippen LogP contribution in [0.25, 0.3) is 0 Å². The van der Waals surface area contributed by atoms with Crippen LogP contribution in [0.5, 0.6) is 5.75 Å². The Morgan fingerprint density at radius 2 is 2.00 bits per heavy atom. The van der Waals surface area contributed by atoms with Gasteiger partial charge >= 0.3 is 0 Å². The number of hydrogen-bond acceptors (Lipinski definition) is 1. The molecule has 0 heterocycles. The molecule has 0 spiro atoms. The molecule has 0 aliphatic rings. The molecule has 68 valence electrons. The van der Waals surface area contributed by atoms with Crippen molar-refractivity contribution in [1.82, 2.24) is 0 Å². The molecule has 1 aromatic rings. The van der Waals surface area contributed by atoms with Gasteiger partial charge in [-0.25, -0.2) is 0 Å². The minimum absolute atomic E-state index is 0.389. The topological polar surface area (TPSA) is 9.23 Å².